The summed E-state index contributed by atoms with van der Waals surface area (Å²) in [6.07, 6.45) is -0.584. The summed E-state index contributed by atoms with van der Waals surface area (Å²) in [7, 11) is 0. The molecular weight excluding hydrogens is 394 g/mol. The summed E-state index contributed by atoms with van der Waals surface area (Å²) in [4.78, 5) is 27.6. The van der Waals surface area contributed by atoms with Gasteiger partial charge in [0.25, 0.3) is 0 Å². The van der Waals surface area contributed by atoms with Gasteiger partial charge in [-0.3, -0.25) is 9.69 Å². The molecule has 0 N–H and O–H groups in total. The zero-order chi connectivity index (χ0) is 19.8. The van der Waals surface area contributed by atoms with E-state index in [-0.39, 0.29) is 17.0 Å². The third kappa shape index (κ3) is 3.15. The molecule has 1 amide bonds. The van der Waals surface area contributed by atoms with Crippen LogP contribution in [0.25, 0.3) is 0 Å². The van der Waals surface area contributed by atoms with Crippen molar-refractivity contribution in [1.82, 2.24) is 4.90 Å². The Kier molecular flexibility index (Phi) is 5.04. The van der Waals surface area contributed by atoms with Gasteiger partial charge in [0.1, 0.15) is 16.4 Å². The molecule has 142 valence electrons. The number of hydrogen-bond acceptors (Lipinski definition) is 4. The van der Waals surface area contributed by atoms with Crippen LogP contribution in [0.5, 0.6) is 0 Å². The van der Waals surface area contributed by atoms with Crippen LogP contribution in [0.2, 0.25) is 0 Å². The quantitative estimate of drug-likeness (QED) is 0.418. The van der Waals surface area contributed by atoms with E-state index in [1.165, 1.54) is 16.7 Å². The second-order valence-corrected chi connectivity index (χ2v) is 8.30. The molecule has 0 aromatic heterocycles. The number of thioether (sulfide) groups is 1. The standard InChI is InChI=1S/C22H18ClNO3S/c1-13-14(2)28-21-17(23)20(25)24(21)18(13)22(26)27-19(15-9-5-3-6-10-15)16-11-7-4-8-12-16/h3-12,17,19,21H,2H2,1H3/t17-,21-/m0/s1. The van der Waals surface area contributed by atoms with E-state index in [4.69, 9.17) is 16.3 Å². The number of halogens is 1. The second kappa shape index (κ2) is 7.49. The lowest BCUT2D eigenvalue weighted by atomic mass is 10.0. The van der Waals surface area contributed by atoms with Gasteiger partial charge in [-0.1, -0.05) is 79.0 Å². The van der Waals surface area contributed by atoms with Gasteiger partial charge in [0.15, 0.2) is 6.10 Å². The van der Waals surface area contributed by atoms with Crippen LogP contribution in [-0.4, -0.2) is 27.5 Å². The number of carbonyl (C=O) groups excluding carboxylic acids is 2. The highest BCUT2D eigenvalue weighted by molar-refractivity contribution is 8.04. The monoisotopic (exact) mass is 411 g/mol. The molecular formula is C22H18ClNO3S. The lowest BCUT2D eigenvalue weighted by Gasteiger charge is -2.47. The Morgan fingerprint density at radius 3 is 2.18 bits per heavy atom. The SMILES string of the molecule is C=C1S[C@H]2[C@@H](Cl)C(=O)N2C(C(=O)OC(c2ccccc2)c2ccccc2)=C1C. The summed E-state index contributed by atoms with van der Waals surface area (Å²) in [5.41, 5.74) is 2.58. The maximum atomic E-state index is 13.2. The lowest BCUT2D eigenvalue weighted by molar-refractivity contribution is -0.151. The Morgan fingerprint density at radius 1 is 1.11 bits per heavy atom. The number of rotatable bonds is 4. The van der Waals surface area contributed by atoms with E-state index >= 15 is 0 Å². The number of β-lactam (4-membered cyclic amide) rings is 1. The highest BCUT2D eigenvalue weighted by atomic mass is 35.5. The molecule has 1 saturated heterocycles. The van der Waals surface area contributed by atoms with Gasteiger partial charge in [-0.15, -0.1) is 11.6 Å². The molecule has 0 saturated carbocycles. The van der Waals surface area contributed by atoms with Crippen molar-refractivity contribution in [2.75, 3.05) is 0 Å². The highest BCUT2D eigenvalue weighted by Crippen LogP contribution is 2.47. The zero-order valence-corrected chi connectivity index (χ0v) is 16.7. The molecule has 2 atom stereocenters. The molecule has 2 aromatic carbocycles. The van der Waals surface area contributed by atoms with E-state index in [0.717, 1.165) is 16.0 Å². The van der Waals surface area contributed by atoms with Gasteiger partial charge in [0, 0.05) is 4.91 Å². The largest absolute Gasteiger partial charge is 0.448 e. The Hall–Kier alpha value is -2.50. The Balaban J connectivity index is 1.69. The molecule has 2 aliphatic heterocycles. The summed E-state index contributed by atoms with van der Waals surface area (Å²) < 4.78 is 5.93. The first-order chi connectivity index (χ1) is 13.5. The average Bonchev–Trinajstić information content (AvgIpc) is 2.74. The van der Waals surface area contributed by atoms with Crippen molar-refractivity contribution < 1.29 is 14.3 Å². The molecule has 28 heavy (non-hydrogen) atoms. The minimum atomic E-state index is -0.656. The number of hydrogen-bond donors (Lipinski definition) is 0. The van der Waals surface area contributed by atoms with Crippen LogP contribution in [0.1, 0.15) is 24.2 Å². The normalized spacial score (nSPS) is 21.5. The lowest BCUT2D eigenvalue weighted by Crippen LogP contribution is -2.62. The number of benzene rings is 2. The maximum Gasteiger partial charge on any atom is 0.356 e. The first-order valence-corrected chi connectivity index (χ1v) is 10.2. The molecule has 6 heteroatoms. The Labute approximate surface area is 172 Å². The summed E-state index contributed by atoms with van der Waals surface area (Å²) in [6, 6.07) is 19.1. The van der Waals surface area contributed by atoms with E-state index in [9.17, 15) is 9.59 Å². The van der Waals surface area contributed by atoms with E-state index in [1.54, 1.807) is 6.92 Å². The van der Waals surface area contributed by atoms with Crippen LogP contribution in [0.15, 0.2) is 83.4 Å². The fourth-order valence-corrected chi connectivity index (χ4v) is 4.81. The number of nitrogens with zero attached hydrogens (tertiary/aromatic N) is 1. The Morgan fingerprint density at radius 2 is 1.64 bits per heavy atom. The number of alkyl halides is 1. The summed E-state index contributed by atoms with van der Waals surface area (Å²) in [5, 5.41) is -0.975. The van der Waals surface area contributed by atoms with Gasteiger partial charge in [0.05, 0.1) is 0 Å². The third-order valence-corrected chi connectivity index (χ3v) is 6.77. The van der Waals surface area contributed by atoms with Gasteiger partial charge in [-0.25, -0.2) is 4.79 Å². The zero-order valence-electron chi connectivity index (χ0n) is 15.2. The summed E-state index contributed by atoms with van der Waals surface area (Å²) in [5.74, 6) is -0.840. The third-order valence-electron chi connectivity index (χ3n) is 4.88. The van der Waals surface area contributed by atoms with Crippen molar-refractivity contribution in [2.24, 2.45) is 0 Å². The molecule has 2 aromatic rings. The van der Waals surface area contributed by atoms with Crippen LogP contribution < -0.4 is 0 Å². The fraction of sp³-hybridized carbons (Fsp3) is 0.182. The molecule has 2 aliphatic rings. The molecule has 0 unspecified atom stereocenters. The average molecular weight is 412 g/mol. The molecule has 0 radical (unpaired) electrons. The van der Waals surface area contributed by atoms with Crippen molar-refractivity contribution in [3.63, 3.8) is 0 Å². The number of allylic oxidation sites excluding steroid dienone is 1. The van der Waals surface area contributed by atoms with Crippen LogP contribution in [0.3, 0.4) is 0 Å². The predicted octanol–water partition coefficient (Wildman–Crippen LogP) is 4.63. The number of carbonyl (C=O) groups is 2. The van der Waals surface area contributed by atoms with Crippen molar-refractivity contribution in [2.45, 2.75) is 23.8 Å². The van der Waals surface area contributed by atoms with E-state index < -0.39 is 17.5 Å². The molecule has 4 nitrogen and oxygen atoms in total. The molecule has 0 aliphatic carbocycles. The molecule has 0 spiro atoms. The van der Waals surface area contributed by atoms with E-state index in [0.29, 0.717) is 5.57 Å². The topological polar surface area (TPSA) is 46.6 Å². The molecule has 0 bridgehead atoms. The van der Waals surface area contributed by atoms with Gasteiger partial charge >= 0.3 is 5.97 Å². The van der Waals surface area contributed by atoms with Gasteiger partial charge < -0.3 is 4.74 Å². The Bertz CT molecular complexity index is 934. The minimum absolute atomic E-state index is 0.229. The number of amides is 1. The highest BCUT2D eigenvalue weighted by Gasteiger charge is 2.53. The van der Waals surface area contributed by atoms with Crippen molar-refractivity contribution in [3.05, 3.63) is 94.5 Å². The first-order valence-electron chi connectivity index (χ1n) is 8.84. The van der Waals surface area contributed by atoms with Crippen molar-refractivity contribution in [3.8, 4) is 0 Å². The summed E-state index contributed by atoms with van der Waals surface area (Å²) >= 11 is 7.53. The fourth-order valence-electron chi connectivity index (χ4n) is 3.32. The van der Waals surface area contributed by atoms with Gasteiger partial charge in [-0.2, -0.15) is 0 Å². The molecule has 4 rings (SSSR count). The maximum absolute atomic E-state index is 13.2. The molecule has 2 heterocycles. The predicted molar refractivity (Wildman–Crippen MR) is 111 cm³/mol. The van der Waals surface area contributed by atoms with Crippen molar-refractivity contribution >= 4 is 35.2 Å². The smallest absolute Gasteiger partial charge is 0.356 e. The van der Waals surface area contributed by atoms with Gasteiger partial charge in [0.2, 0.25) is 5.91 Å². The second-order valence-electron chi connectivity index (χ2n) is 6.62. The van der Waals surface area contributed by atoms with E-state index in [1.807, 2.05) is 60.7 Å². The van der Waals surface area contributed by atoms with E-state index in [2.05, 4.69) is 6.58 Å². The van der Waals surface area contributed by atoms with Crippen LogP contribution in [0.4, 0.5) is 0 Å². The van der Waals surface area contributed by atoms with Crippen LogP contribution >= 0.6 is 23.4 Å². The summed E-state index contributed by atoms with van der Waals surface area (Å²) in [6.45, 7) is 5.78. The first kappa shape index (κ1) is 18.8. The molecule has 1 fully saturated rings. The van der Waals surface area contributed by atoms with Crippen molar-refractivity contribution in [1.29, 1.82) is 0 Å². The number of ether oxygens (including phenoxy) is 1. The van der Waals surface area contributed by atoms with Crippen LogP contribution in [0, 0.1) is 0 Å². The number of fused-ring (bicyclic) bond motifs is 1. The minimum Gasteiger partial charge on any atom is -0.448 e. The van der Waals surface area contributed by atoms with Gasteiger partial charge in [-0.05, 0) is 23.6 Å². The number of esters is 1. The van der Waals surface area contributed by atoms with Crippen LogP contribution in [-0.2, 0) is 14.3 Å².